The predicted octanol–water partition coefficient (Wildman–Crippen LogP) is 0.242. The summed E-state index contributed by atoms with van der Waals surface area (Å²) in [6.45, 7) is -0.293. The Morgan fingerprint density at radius 2 is 1.67 bits per heavy atom. The molecule has 3 rings (SSSR count). The fraction of sp³-hybridized carbons (Fsp3) is 0.800. The molecule has 3 aliphatic rings. The second-order valence-corrected chi connectivity index (χ2v) is 4.52. The van der Waals surface area contributed by atoms with Crippen molar-refractivity contribution in [3.05, 3.63) is 0 Å². The van der Waals surface area contributed by atoms with E-state index < -0.39 is 19.2 Å². The van der Waals surface area contributed by atoms with Gasteiger partial charge in [0.05, 0.1) is 19.8 Å². The molecule has 0 radical (unpaired) electrons. The molecule has 0 unspecified atom stereocenters. The molecule has 0 aliphatic carbocycles. The summed E-state index contributed by atoms with van der Waals surface area (Å²) < 4.78 is 25.1. The van der Waals surface area contributed by atoms with Crippen LogP contribution in [0.5, 0.6) is 0 Å². The third-order valence-corrected chi connectivity index (χ3v) is 3.29. The highest BCUT2D eigenvalue weighted by atomic mass is 31.2. The zero-order chi connectivity index (χ0) is 8.82. The number of carboxylic acid groups (broad SMARTS) is 1. The molecule has 0 saturated carbocycles. The van der Waals surface area contributed by atoms with Crippen LogP contribution in [0, 0.1) is 5.41 Å². The topological polar surface area (TPSA) is 82.1 Å². The van der Waals surface area contributed by atoms with Gasteiger partial charge in [0.1, 0.15) is 5.41 Å². The molecular formula is C5H7O6P. The predicted molar refractivity (Wildman–Crippen MR) is 35.5 cm³/mol. The highest BCUT2D eigenvalue weighted by Crippen LogP contribution is 2.59. The van der Waals surface area contributed by atoms with E-state index in [-0.39, 0.29) is 19.8 Å². The van der Waals surface area contributed by atoms with E-state index in [0.29, 0.717) is 0 Å². The Hall–Kier alpha value is -0.420. The first kappa shape index (κ1) is 8.19. The van der Waals surface area contributed by atoms with Crippen LogP contribution in [0.4, 0.5) is 0 Å². The van der Waals surface area contributed by atoms with Gasteiger partial charge < -0.3 is 5.11 Å². The van der Waals surface area contributed by atoms with Gasteiger partial charge in [-0.1, -0.05) is 0 Å². The number of aliphatic carboxylic acids is 1. The van der Waals surface area contributed by atoms with Crippen molar-refractivity contribution in [1.29, 1.82) is 0 Å². The first-order valence-corrected chi connectivity index (χ1v) is 4.80. The molecule has 2 bridgehead atoms. The number of phosphoric ester groups is 1. The summed E-state index contributed by atoms with van der Waals surface area (Å²) in [5.41, 5.74) is -1.16. The fourth-order valence-corrected chi connectivity index (χ4v) is 2.47. The Morgan fingerprint density at radius 1 is 1.25 bits per heavy atom. The van der Waals surface area contributed by atoms with Gasteiger partial charge in [0.15, 0.2) is 0 Å². The molecular weight excluding hydrogens is 187 g/mol. The molecule has 1 N–H and O–H groups in total. The molecule has 12 heavy (non-hydrogen) atoms. The Balaban J connectivity index is 2.25. The standard InChI is InChI=1S/C5H7O6P/c6-4(7)5-1-9-12(8,10-2-5)11-3-5/h1-3H2,(H,6,7). The number of rotatable bonds is 1. The summed E-state index contributed by atoms with van der Waals surface area (Å²) in [6.07, 6.45) is 0. The van der Waals surface area contributed by atoms with Crippen molar-refractivity contribution >= 4 is 13.8 Å². The molecule has 3 saturated heterocycles. The molecule has 0 aromatic heterocycles. The third kappa shape index (κ3) is 0.998. The molecule has 68 valence electrons. The Bertz CT molecular complexity index is 242. The largest absolute Gasteiger partial charge is 0.481 e. The minimum Gasteiger partial charge on any atom is -0.481 e. The van der Waals surface area contributed by atoms with Crippen molar-refractivity contribution in [2.45, 2.75) is 0 Å². The van der Waals surface area contributed by atoms with Crippen molar-refractivity contribution in [1.82, 2.24) is 0 Å². The minimum absolute atomic E-state index is 0.0976. The van der Waals surface area contributed by atoms with E-state index in [0.717, 1.165) is 0 Å². The zero-order valence-electron chi connectivity index (χ0n) is 6.06. The summed E-state index contributed by atoms with van der Waals surface area (Å²) in [6, 6.07) is 0. The number of phosphoric acid groups is 1. The van der Waals surface area contributed by atoms with Crippen molar-refractivity contribution < 1.29 is 28.0 Å². The van der Waals surface area contributed by atoms with Gasteiger partial charge in [-0.05, 0) is 0 Å². The van der Waals surface area contributed by atoms with Crippen LogP contribution < -0.4 is 0 Å². The average molecular weight is 194 g/mol. The number of hydrogen-bond acceptors (Lipinski definition) is 5. The summed E-state index contributed by atoms with van der Waals surface area (Å²) in [4.78, 5) is 10.7. The van der Waals surface area contributed by atoms with E-state index in [1.165, 1.54) is 0 Å². The van der Waals surface area contributed by atoms with E-state index in [2.05, 4.69) is 13.6 Å². The smallest absolute Gasteiger partial charge is 0.474 e. The lowest BCUT2D eigenvalue weighted by molar-refractivity contribution is -0.169. The second-order valence-electron chi connectivity index (χ2n) is 2.85. The highest BCUT2D eigenvalue weighted by molar-refractivity contribution is 7.48. The number of fused-ring (bicyclic) bond motifs is 3. The molecule has 0 amide bonds. The molecule has 0 aromatic rings. The molecule has 0 aromatic carbocycles. The van der Waals surface area contributed by atoms with Gasteiger partial charge in [-0.2, -0.15) is 0 Å². The molecule has 0 atom stereocenters. The van der Waals surface area contributed by atoms with Gasteiger partial charge in [0.2, 0.25) is 0 Å². The maximum absolute atomic E-state index is 11.1. The van der Waals surface area contributed by atoms with E-state index >= 15 is 0 Å². The number of carboxylic acids is 1. The second kappa shape index (κ2) is 2.29. The van der Waals surface area contributed by atoms with Gasteiger partial charge in [0, 0.05) is 0 Å². The van der Waals surface area contributed by atoms with Crippen LogP contribution in [0.25, 0.3) is 0 Å². The summed E-state index contributed by atoms with van der Waals surface area (Å²) in [5.74, 6) is -1.05. The van der Waals surface area contributed by atoms with E-state index in [1.807, 2.05) is 0 Å². The zero-order valence-corrected chi connectivity index (χ0v) is 6.95. The van der Waals surface area contributed by atoms with Gasteiger partial charge >= 0.3 is 13.8 Å². The van der Waals surface area contributed by atoms with Crippen LogP contribution in [-0.4, -0.2) is 30.9 Å². The van der Waals surface area contributed by atoms with E-state index in [4.69, 9.17) is 5.11 Å². The monoisotopic (exact) mass is 194 g/mol. The molecule has 7 heteroatoms. The van der Waals surface area contributed by atoms with Crippen LogP contribution >= 0.6 is 7.82 Å². The number of hydrogen-bond donors (Lipinski definition) is 1. The van der Waals surface area contributed by atoms with E-state index in [9.17, 15) is 9.36 Å². The Kier molecular flexibility index (Phi) is 1.56. The van der Waals surface area contributed by atoms with Crippen molar-refractivity contribution in [3.63, 3.8) is 0 Å². The van der Waals surface area contributed by atoms with Gasteiger partial charge in [-0.3, -0.25) is 18.4 Å². The van der Waals surface area contributed by atoms with Crippen LogP contribution in [0.1, 0.15) is 0 Å². The minimum atomic E-state index is -3.37. The SMILES string of the molecule is O=C(O)C12COP(=O)(OC1)OC2. The molecule has 3 heterocycles. The Labute approximate surface area is 68.0 Å². The van der Waals surface area contributed by atoms with Crippen molar-refractivity contribution in [3.8, 4) is 0 Å². The first-order chi connectivity index (χ1) is 5.56. The summed E-state index contributed by atoms with van der Waals surface area (Å²) >= 11 is 0. The third-order valence-electron chi connectivity index (χ3n) is 1.95. The summed E-state index contributed by atoms with van der Waals surface area (Å²) in [7, 11) is -3.37. The van der Waals surface area contributed by atoms with E-state index in [1.54, 1.807) is 0 Å². The Morgan fingerprint density at radius 3 is 2.00 bits per heavy atom. The van der Waals surface area contributed by atoms with Gasteiger partial charge in [-0.15, -0.1) is 0 Å². The maximum Gasteiger partial charge on any atom is 0.474 e. The fourth-order valence-electron chi connectivity index (χ4n) is 1.03. The lowest BCUT2D eigenvalue weighted by atomic mass is 9.92. The van der Waals surface area contributed by atoms with Crippen molar-refractivity contribution in [2.75, 3.05) is 19.8 Å². The normalized spacial score (nSPS) is 46.0. The molecule has 3 fully saturated rings. The highest BCUT2D eigenvalue weighted by Gasteiger charge is 2.55. The van der Waals surface area contributed by atoms with Crippen LogP contribution in [0.3, 0.4) is 0 Å². The van der Waals surface area contributed by atoms with Crippen molar-refractivity contribution in [2.24, 2.45) is 5.41 Å². The molecule has 0 spiro atoms. The maximum atomic E-state index is 11.1. The summed E-state index contributed by atoms with van der Waals surface area (Å²) in [5, 5.41) is 8.77. The molecule has 3 aliphatic heterocycles. The van der Waals surface area contributed by atoms with Gasteiger partial charge in [0.25, 0.3) is 0 Å². The van der Waals surface area contributed by atoms with Crippen LogP contribution in [-0.2, 0) is 22.9 Å². The first-order valence-electron chi connectivity index (χ1n) is 3.33. The quantitative estimate of drug-likeness (QED) is 0.602. The molecule has 6 nitrogen and oxygen atoms in total. The lowest BCUT2D eigenvalue weighted by Crippen LogP contribution is -2.50. The average Bonchev–Trinajstić information content (AvgIpc) is 2.06. The lowest BCUT2D eigenvalue weighted by Gasteiger charge is -2.40. The van der Waals surface area contributed by atoms with Crippen LogP contribution in [0.15, 0.2) is 0 Å². The van der Waals surface area contributed by atoms with Crippen LogP contribution in [0.2, 0.25) is 0 Å². The van der Waals surface area contributed by atoms with Gasteiger partial charge in [-0.25, -0.2) is 4.57 Å². The number of carbonyl (C=O) groups is 1.